The first kappa shape index (κ1) is 10.6. The van der Waals surface area contributed by atoms with Gasteiger partial charge < -0.3 is 4.74 Å². The van der Waals surface area contributed by atoms with Crippen molar-refractivity contribution in [2.75, 3.05) is 0 Å². The fraction of sp³-hybridized carbons (Fsp3) is 0.667. The van der Waals surface area contributed by atoms with E-state index < -0.39 is 6.16 Å². The first-order valence-corrected chi connectivity index (χ1v) is 6.03. The molecule has 0 aromatic rings. The maximum atomic E-state index is 11.5. The fourth-order valence-electron chi connectivity index (χ4n) is 2.73. The summed E-state index contributed by atoms with van der Waals surface area (Å²) in [4.78, 5) is 27.7. The Labute approximate surface area is 99.3 Å². The molecular weight excluding hydrogens is 222 g/mol. The Kier molecular flexibility index (Phi) is 2.34. The van der Waals surface area contributed by atoms with Crippen LogP contribution in [0.4, 0.5) is 4.79 Å². The van der Waals surface area contributed by atoms with Crippen molar-refractivity contribution in [3.63, 3.8) is 0 Å². The lowest BCUT2D eigenvalue weighted by molar-refractivity contribution is -0.159. The van der Waals surface area contributed by atoms with Gasteiger partial charge in [0.05, 0.1) is 5.70 Å². The molecule has 0 aromatic heterocycles. The first-order chi connectivity index (χ1) is 8.13. The number of carbonyl (C=O) groups is 2. The predicted molar refractivity (Wildman–Crippen MR) is 57.4 cm³/mol. The monoisotopic (exact) mass is 237 g/mol. The third kappa shape index (κ3) is 2.01. The van der Waals surface area contributed by atoms with Crippen molar-refractivity contribution in [1.82, 2.24) is 5.06 Å². The number of amides is 1. The lowest BCUT2D eigenvalue weighted by Gasteiger charge is -2.18. The zero-order chi connectivity index (χ0) is 12.0. The number of fused-ring (bicyclic) bond motifs is 1. The molecular formula is C12H15NO4. The van der Waals surface area contributed by atoms with Crippen LogP contribution in [0.2, 0.25) is 0 Å². The molecule has 17 heavy (non-hydrogen) atoms. The van der Waals surface area contributed by atoms with Gasteiger partial charge in [0.1, 0.15) is 6.10 Å². The Morgan fingerprint density at radius 3 is 2.53 bits per heavy atom. The Bertz CT molecular complexity index is 366. The molecule has 3 atom stereocenters. The van der Waals surface area contributed by atoms with Crippen molar-refractivity contribution >= 4 is 12.1 Å². The predicted octanol–water partition coefficient (Wildman–Crippen LogP) is 1.99. The average Bonchev–Trinajstić information content (AvgIpc) is 2.78. The van der Waals surface area contributed by atoms with Crippen LogP contribution in [-0.2, 0) is 14.4 Å². The Hall–Kier alpha value is -1.52. The topological polar surface area (TPSA) is 55.8 Å². The molecule has 2 saturated carbocycles. The number of ether oxygens (including phenoxy) is 1. The second kappa shape index (κ2) is 3.75. The van der Waals surface area contributed by atoms with Crippen molar-refractivity contribution in [2.24, 2.45) is 11.8 Å². The SMILES string of the molecule is C=C1CCC(=O)N1OC(=O)OC1C[C@@H]2C[C@@H]2C1. The minimum atomic E-state index is -0.785. The van der Waals surface area contributed by atoms with Crippen LogP contribution in [0.15, 0.2) is 12.3 Å². The van der Waals surface area contributed by atoms with Gasteiger partial charge in [-0.1, -0.05) is 6.58 Å². The van der Waals surface area contributed by atoms with Gasteiger partial charge in [0.25, 0.3) is 5.91 Å². The zero-order valence-corrected chi connectivity index (χ0v) is 9.55. The Morgan fingerprint density at radius 2 is 1.94 bits per heavy atom. The maximum absolute atomic E-state index is 11.5. The van der Waals surface area contributed by atoms with E-state index in [2.05, 4.69) is 6.58 Å². The standard InChI is InChI=1S/C12H15NO4/c1-7-2-3-11(14)13(7)17-12(15)16-10-5-8-4-9(8)6-10/h8-10H,1-6H2/t8-,9+,10?. The van der Waals surface area contributed by atoms with E-state index in [9.17, 15) is 9.59 Å². The summed E-state index contributed by atoms with van der Waals surface area (Å²) in [7, 11) is 0. The number of hydrogen-bond acceptors (Lipinski definition) is 4. The smallest absolute Gasteiger partial charge is 0.429 e. The quantitative estimate of drug-likeness (QED) is 0.689. The third-order valence-corrected chi connectivity index (χ3v) is 3.77. The van der Waals surface area contributed by atoms with Crippen LogP contribution in [-0.4, -0.2) is 23.2 Å². The van der Waals surface area contributed by atoms with E-state index in [1.54, 1.807) is 0 Å². The number of nitrogens with zero attached hydrogens (tertiary/aromatic N) is 1. The summed E-state index contributed by atoms with van der Waals surface area (Å²) in [5, 5.41) is 0.956. The highest BCUT2D eigenvalue weighted by Gasteiger charge is 2.47. The molecule has 0 aromatic carbocycles. The van der Waals surface area contributed by atoms with Gasteiger partial charge in [0, 0.05) is 6.42 Å². The van der Waals surface area contributed by atoms with Crippen molar-refractivity contribution in [3.8, 4) is 0 Å². The van der Waals surface area contributed by atoms with Gasteiger partial charge in [-0.3, -0.25) is 9.63 Å². The molecule has 1 saturated heterocycles. The highest BCUT2D eigenvalue weighted by molar-refractivity contribution is 5.81. The van der Waals surface area contributed by atoms with E-state index >= 15 is 0 Å². The van der Waals surface area contributed by atoms with Crippen LogP contribution in [0, 0.1) is 11.8 Å². The van der Waals surface area contributed by atoms with Gasteiger partial charge in [-0.2, -0.15) is 0 Å². The van der Waals surface area contributed by atoms with E-state index in [0.717, 1.165) is 29.7 Å². The van der Waals surface area contributed by atoms with Gasteiger partial charge in [-0.05, 0) is 37.5 Å². The highest BCUT2D eigenvalue weighted by Crippen LogP contribution is 2.52. The minimum absolute atomic E-state index is 0.0304. The minimum Gasteiger partial charge on any atom is -0.429 e. The summed E-state index contributed by atoms with van der Waals surface area (Å²) in [6.45, 7) is 3.66. The van der Waals surface area contributed by atoms with Gasteiger partial charge in [0.15, 0.2) is 0 Å². The van der Waals surface area contributed by atoms with E-state index in [0.29, 0.717) is 18.5 Å². The normalized spacial score (nSPS) is 34.8. The molecule has 0 N–H and O–H groups in total. The number of allylic oxidation sites excluding steroid dienone is 1. The van der Waals surface area contributed by atoms with Gasteiger partial charge in [-0.25, -0.2) is 4.79 Å². The number of rotatable bonds is 2. The largest absolute Gasteiger partial charge is 0.534 e. The molecule has 3 rings (SSSR count). The Balaban J connectivity index is 1.49. The molecule has 1 unspecified atom stereocenters. The van der Waals surface area contributed by atoms with Crippen LogP contribution in [0.25, 0.3) is 0 Å². The molecule has 3 aliphatic rings. The van der Waals surface area contributed by atoms with E-state index in [1.165, 1.54) is 6.42 Å². The molecule has 0 radical (unpaired) electrons. The molecule has 0 bridgehead atoms. The van der Waals surface area contributed by atoms with Crippen molar-refractivity contribution in [2.45, 2.75) is 38.2 Å². The second-order valence-electron chi connectivity index (χ2n) is 5.06. The van der Waals surface area contributed by atoms with Crippen LogP contribution < -0.4 is 0 Å². The summed E-state index contributed by atoms with van der Waals surface area (Å²) in [5.74, 6) is 1.26. The molecule has 0 spiro atoms. The second-order valence-corrected chi connectivity index (χ2v) is 5.06. The highest BCUT2D eigenvalue weighted by atomic mass is 16.8. The summed E-state index contributed by atoms with van der Waals surface area (Å²) < 4.78 is 5.17. The molecule has 92 valence electrons. The maximum Gasteiger partial charge on any atom is 0.534 e. The van der Waals surface area contributed by atoms with Gasteiger partial charge in [-0.15, -0.1) is 5.06 Å². The molecule has 1 aliphatic heterocycles. The molecule has 3 fully saturated rings. The van der Waals surface area contributed by atoms with Crippen LogP contribution >= 0.6 is 0 Å². The lowest BCUT2D eigenvalue weighted by atomic mass is 10.2. The molecule has 1 amide bonds. The summed E-state index contributed by atoms with van der Waals surface area (Å²) >= 11 is 0. The molecule has 2 aliphatic carbocycles. The number of carbonyl (C=O) groups excluding carboxylic acids is 2. The molecule has 5 nitrogen and oxygen atoms in total. The van der Waals surface area contributed by atoms with Crippen LogP contribution in [0.3, 0.4) is 0 Å². The van der Waals surface area contributed by atoms with E-state index in [-0.39, 0.29) is 12.0 Å². The van der Waals surface area contributed by atoms with Gasteiger partial charge in [0.2, 0.25) is 0 Å². The fourth-order valence-corrected chi connectivity index (χ4v) is 2.73. The summed E-state index contributed by atoms with van der Waals surface area (Å²) in [6, 6.07) is 0. The average molecular weight is 237 g/mol. The lowest BCUT2D eigenvalue weighted by Crippen LogP contribution is -2.29. The Morgan fingerprint density at radius 1 is 1.24 bits per heavy atom. The number of hydroxylamine groups is 2. The van der Waals surface area contributed by atoms with E-state index in [4.69, 9.17) is 9.57 Å². The van der Waals surface area contributed by atoms with Gasteiger partial charge >= 0.3 is 6.16 Å². The van der Waals surface area contributed by atoms with Crippen LogP contribution in [0.5, 0.6) is 0 Å². The molecule has 5 heteroatoms. The molecule has 1 heterocycles. The zero-order valence-electron chi connectivity index (χ0n) is 9.55. The summed E-state index contributed by atoms with van der Waals surface area (Å²) in [5.41, 5.74) is 0.515. The summed E-state index contributed by atoms with van der Waals surface area (Å²) in [6.07, 6.45) is 3.23. The first-order valence-electron chi connectivity index (χ1n) is 6.03. The van der Waals surface area contributed by atoms with Crippen molar-refractivity contribution < 1.29 is 19.2 Å². The third-order valence-electron chi connectivity index (χ3n) is 3.77. The number of hydrogen-bond donors (Lipinski definition) is 0. The van der Waals surface area contributed by atoms with E-state index in [1.807, 2.05) is 0 Å². The van der Waals surface area contributed by atoms with Crippen molar-refractivity contribution in [3.05, 3.63) is 12.3 Å². The van der Waals surface area contributed by atoms with Crippen molar-refractivity contribution in [1.29, 1.82) is 0 Å². The van der Waals surface area contributed by atoms with Crippen LogP contribution in [0.1, 0.15) is 32.1 Å².